The van der Waals surface area contributed by atoms with E-state index in [1.807, 2.05) is 6.07 Å². The second-order valence-electron chi connectivity index (χ2n) is 6.05. The summed E-state index contributed by atoms with van der Waals surface area (Å²) in [5.41, 5.74) is 0.922. The number of hydrogen-bond donors (Lipinski definition) is 1. The number of nitro benzene ring substituents is 1. The Kier molecular flexibility index (Phi) is 5.58. The van der Waals surface area contributed by atoms with E-state index in [2.05, 4.69) is 15.4 Å². The zero-order valence-electron chi connectivity index (χ0n) is 15.1. The van der Waals surface area contributed by atoms with E-state index in [1.165, 1.54) is 21.4 Å². The predicted molar refractivity (Wildman–Crippen MR) is 101 cm³/mol. The second kappa shape index (κ2) is 8.25. The number of non-ortho nitro benzene ring substituents is 1. The maximum Gasteiger partial charge on any atom is 0.346 e. The summed E-state index contributed by atoms with van der Waals surface area (Å²) >= 11 is 0. The number of carbonyl (C=O) groups excluding carboxylic acids is 1. The average Bonchev–Trinajstić information content (AvgIpc) is 2.97. The van der Waals surface area contributed by atoms with E-state index in [9.17, 15) is 19.7 Å². The van der Waals surface area contributed by atoms with Crippen LogP contribution in [0.2, 0.25) is 0 Å². The molecule has 0 fully saturated rings. The molecule has 1 aromatic carbocycles. The molecule has 28 heavy (non-hydrogen) atoms. The number of nitrogens with zero attached hydrogens (tertiary/aromatic N) is 5. The van der Waals surface area contributed by atoms with E-state index in [-0.39, 0.29) is 36.8 Å². The van der Waals surface area contributed by atoms with E-state index in [0.717, 1.165) is 0 Å². The topological polar surface area (TPSA) is 125 Å². The summed E-state index contributed by atoms with van der Waals surface area (Å²) < 4.78 is 2.68. The van der Waals surface area contributed by atoms with Crippen LogP contribution in [0.5, 0.6) is 0 Å². The summed E-state index contributed by atoms with van der Waals surface area (Å²) in [6.07, 6.45) is 1.71. The third-order valence-electron chi connectivity index (χ3n) is 4.09. The van der Waals surface area contributed by atoms with Crippen molar-refractivity contribution in [3.8, 4) is 11.5 Å². The normalized spacial score (nSPS) is 10.6. The van der Waals surface area contributed by atoms with Crippen molar-refractivity contribution in [1.29, 1.82) is 0 Å². The monoisotopic (exact) mass is 382 g/mol. The third kappa shape index (κ3) is 4.29. The minimum absolute atomic E-state index is 0.0256. The molecule has 0 saturated carbocycles. The van der Waals surface area contributed by atoms with Gasteiger partial charge < -0.3 is 5.32 Å². The maximum absolute atomic E-state index is 12.3. The van der Waals surface area contributed by atoms with E-state index in [4.69, 9.17) is 0 Å². The van der Waals surface area contributed by atoms with Crippen molar-refractivity contribution in [3.05, 3.63) is 74.8 Å². The van der Waals surface area contributed by atoms with Crippen LogP contribution >= 0.6 is 0 Å². The number of benzene rings is 1. The summed E-state index contributed by atoms with van der Waals surface area (Å²) in [4.78, 5) is 38.7. The first-order valence-electron chi connectivity index (χ1n) is 8.51. The largest absolute Gasteiger partial charge is 0.354 e. The summed E-state index contributed by atoms with van der Waals surface area (Å²) in [6.45, 7) is 0.440. The molecule has 0 aliphatic carbocycles. The fraction of sp³-hybridized carbons (Fsp3) is 0.222. The molecule has 3 aromatic rings. The number of carbonyl (C=O) groups is 1. The van der Waals surface area contributed by atoms with Gasteiger partial charge in [0.05, 0.1) is 17.9 Å². The van der Waals surface area contributed by atoms with E-state index < -0.39 is 4.92 Å². The Hall–Kier alpha value is -3.82. The van der Waals surface area contributed by atoms with Crippen molar-refractivity contribution in [2.24, 2.45) is 7.05 Å². The van der Waals surface area contributed by atoms with Gasteiger partial charge in [-0.3, -0.25) is 24.5 Å². The molecule has 3 rings (SSSR count). The lowest BCUT2D eigenvalue weighted by Gasteiger charge is -2.05. The highest BCUT2D eigenvalue weighted by atomic mass is 16.6. The molecule has 0 bridgehead atoms. The molecule has 1 amide bonds. The number of hydrogen-bond acceptors (Lipinski definition) is 6. The molecule has 1 N–H and O–H groups in total. The Morgan fingerprint density at radius 3 is 2.61 bits per heavy atom. The minimum Gasteiger partial charge on any atom is -0.354 e. The first-order chi connectivity index (χ1) is 13.5. The molecule has 2 heterocycles. The van der Waals surface area contributed by atoms with Gasteiger partial charge in [-0.2, -0.15) is 0 Å². The molecular weight excluding hydrogens is 364 g/mol. The first kappa shape index (κ1) is 19.0. The lowest BCUT2D eigenvalue weighted by molar-refractivity contribution is -0.384. The highest BCUT2D eigenvalue weighted by Crippen LogP contribution is 2.12. The number of nitro groups is 1. The van der Waals surface area contributed by atoms with Gasteiger partial charge in [0.15, 0.2) is 5.82 Å². The van der Waals surface area contributed by atoms with E-state index in [0.29, 0.717) is 17.1 Å². The van der Waals surface area contributed by atoms with Crippen molar-refractivity contribution in [3.63, 3.8) is 0 Å². The van der Waals surface area contributed by atoms with Crippen LogP contribution in [0.25, 0.3) is 11.5 Å². The Balaban J connectivity index is 1.57. The van der Waals surface area contributed by atoms with Crippen molar-refractivity contribution in [1.82, 2.24) is 24.6 Å². The number of nitrogens with one attached hydrogen (secondary N) is 1. The molecule has 10 heteroatoms. The fourth-order valence-corrected chi connectivity index (χ4v) is 2.64. The summed E-state index contributed by atoms with van der Waals surface area (Å²) in [5.74, 6) is 0.200. The van der Waals surface area contributed by atoms with Crippen LogP contribution in [0.1, 0.15) is 5.56 Å². The predicted octanol–water partition coefficient (Wildman–Crippen LogP) is 0.911. The van der Waals surface area contributed by atoms with Crippen LogP contribution < -0.4 is 11.0 Å². The molecule has 144 valence electrons. The first-order valence-corrected chi connectivity index (χ1v) is 8.51. The molecule has 2 aromatic heterocycles. The van der Waals surface area contributed by atoms with Crippen LogP contribution in [0.15, 0.2) is 53.5 Å². The summed E-state index contributed by atoms with van der Waals surface area (Å²) in [5, 5.41) is 17.6. The van der Waals surface area contributed by atoms with Crippen molar-refractivity contribution in [2.45, 2.75) is 13.0 Å². The molecular formula is C18H18N6O4. The van der Waals surface area contributed by atoms with Crippen LogP contribution in [-0.4, -0.2) is 36.7 Å². The number of rotatable bonds is 7. The molecule has 0 aliphatic heterocycles. The van der Waals surface area contributed by atoms with Crippen molar-refractivity contribution in [2.75, 3.05) is 6.54 Å². The summed E-state index contributed by atoms with van der Waals surface area (Å²) in [6, 6.07) is 11.1. The van der Waals surface area contributed by atoms with E-state index in [1.54, 1.807) is 37.5 Å². The Labute approximate surface area is 159 Å². The highest BCUT2D eigenvalue weighted by Gasteiger charge is 2.13. The lowest BCUT2D eigenvalue weighted by Crippen LogP contribution is -2.32. The lowest BCUT2D eigenvalue weighted by atomic mass is 10.1. The zero-order valence-corrected chi connectivity index (χ0v) is 15.1. The maximum atomic E-state index is 12.3. The van der Waals surface area contributed by atoms with Crippen LogP contribution in [0.4, 0.5) is 5.69 Å². The highest BCUT2D eigenvalue weighted by molar-refractivity contribution is 5.78. The molecule has 0 unspecified atom stereocenters. The van der Waals surface area contributed by atoms with Crippen molar-refractivity contribution < 1.29 is 9.72 Å². The van der Waals surface area contributed by atoms with Gasteiger partial charge >= 0.3 is 5.69 Å². The third-order valence-corrected chi connectivity index (χ3v) is 4.09. The number of amides is 1. The number of aromatic nitrogens is 4. The van der Waals surface area contributed by atoms with Gasteiger partial charge in [-0.1, -0.05) is 18.2 Å². The minimum atomic E-state index is -0.492. The molecule has 10 nitrogen and oxygen atoms in total. The molecule has 0 spiro atoms. The molecule has 0 aliphatic rings. The number of pyridine rings is 1. The van der Waals surface area contributed by atoms with Crippen LogP contribution in [-0.2, 0) is 24.8 Å². The molecule has 0 saturated heterocycles. The van der Waals surface area contributed by atoms with Gasteiger partial charge in [-0.25, -0.2) is 9.48 Å². The quantitative estimate of drug-likeness (QED) is 0.478. The van der Waals surface area contributed by atoms with Gasteiger partial charge in [-0.05, 0) is 17.7 Å². The SMILES string of the molecule is Cn1c(-c2ccccn2)nn(CCNC(=O)Cc2ccc([N+](=O)[O-])cc2)c1=O. The molecule has 0 atom stereocenters. The Morgan fingerprint density at radius 2 is 1.96 bits per heavy atom. The van der Waals surface area contributed by atoms with Crippen LogP contribution in [0, 0.1) is 10.1 Å². The smallest absolute Gasteiger partial charge is 0.346 e. The van der Waals surface area contributed by atoms with Gasteiger partial charge in [0.25, 0.3) is 5.69 Å². The van der Waals surface area contributed by atoms with Gasteiger partial charge in [0.1, 0.15) is 5.69 Å². The second-order valence-corrected chi connectivity index (χ2v) is 6.05. The molecule has 0 radical (unpaired) electrons. The van der Waals surface area contributed by atoms with Gasteiger partial charge in [0.2, 0.25) is 5.91 Å². The van der Waals surface area contributed by atoms with E-state index >= 15 is 0 Å². The Morgan fingerprint density at radius 1 is 1.21 bits per heavy atom. The van der Waals surface area contributed by atoms with Crippen LogP contribution in [0.3, 0.4) is 0 Å². The van der Waals surface area contributed by atoms with Crippen molar-refractivity contribution >= 4 is 11.6 Å². The Bertz CT molecular complexity index is 1040. The zero-order chi connectivity index (χ0) is 20.1. The standard InChI is InChI=1S/C18H18N6O4/c1-22-17(15-4-2-3-9-19-15)21-23(18(22)26)11-10-20-16(25)12-13-5-7-14(8-6-13)24(27)28/h2-9H,10-12H2,1H3,(H,20,25). The average molecular weight is 382 g/mol. The summed E-state index contributed by atoms with van der Waals surface area (Å²) in [7, 11) is 1.61. The van der Waals surface area contributed by atoms with Gasteiger partial charge in [0, 0.05) is 31.9 Å². The van der Waals surface area contributed by atoms with Gasteiger partial charge in [-0.15, -0.1) is 5.10 Å². The fourth-order valence-electron chi connectivity index (χ4n) is 2.64.